The molecule has 2 N–H and O–H groups in total. The molecular weight excluding hydrogens is 284 g/mol. The second kappa shape index (κ2) is 6.02. The molecule has 0 aliphatic carbocycles. The molecule has 0 spiro atoms. The van der Waals surface area contributed by atoms with Gasteiger partial charge in [0.1, 0.15) is 6.04 Å². The number of carboxylic acid groups (broad SMARTS) is 1. The number of benzene rings is 1. The van der Waals surface area contributed by atoms with Gasteiger partial charge in [-0.3, -0.25) is 9.59 Å². The predicted molar refractivity (Wildman–Crippen MR) is 71.9 cm³/mol. The Kier molecular flexibility index (Phi) is 4.85. The van der Waals surface area contributed by atoms with E-state index in [-0.39, 0.29) is 10.5 Å². The van der Waals surface area contributed by atoms with E-state index in [1.165, 1.54) is 45.3 Å². The van der Waals surface area contributed by atoms with Gasteiger partial charge in [-0.2, -0.15) is 0 Å². The number of carboxylic acids is 1. The molecule has 0 bridgehead atoms. The van der Waals surface area contributed by atoms with Gasteiger partial charge in [-0.25, -0.2) is 12.7 Å². The molecule has 0 aliphatic heterocycles. The second-order valence-corrected chi connectivity index (χ2v) is 6.50. The molecule has 8 heteroatoms. The molecule has 1 aromatic rings. The zero-order valence-corrected chi connectivity index (χ0v) is 12.1. The minimum Gasteiger partial charge on any atom is -0.480 e. The van der Waals surface area contributed by atoms with Crippen LogP contribution >= 0.6 is 0 Å². The average Bonchev–Trinajstić information content (AvgIpc) is 2.38. The SMILES string of the molecule is C[C@H](NC(=O)c1ccc(S(=O)(=O)N(C)C)cc1)C(=O)O. The van der Waals surface area contributed by atoms with Gasteiger partial charge in [-0.15, -0.1) is 0 Å². The highest BCUT2D eigenvalue weighted by atomic mass is 32.2. The van der Waals surface area contributed by atoms with Crippen LogP contribution in [0.5, 0.6) is 0 Å². The number of nitrogens with one attached hydrogen (secondary N) is 1. The van der Waals surface area contributed by atoms with Gasteiger partial charge in [0.15, 0.2) is 0 Å². The summed E-state index contributed by atoms with van der Waals surface area (Å²) in [6.07, 6.45) is 0. The van der Waals surface area contributed by atoms with Crippen LogP contribution in [0, 0.1) is 0 Å². The molecule has 7 nitrogen and oxygen atoms in total. The minimum atomic E-state index is -3.55. The molecular formula is C12H16N2O5S. The molecule has 0 saturated carbocycles. The van der Waals surface area contributed by atoms with Crippen LogP contribution in [0.3, 0.4) is 0 Å². The van der Waals surface area contributed by atoms with Gasteiger partial charge in [-0.05, 0) is 31.2 Å². The lowest BCUT2D eigenvalue weighted by Gasteiger charge is -2.12. The molecule has 0 aliphatic rings. The lowest BCUT2D eigenvalue weighted by atomic mass is 10.2. The van der Waals surface area contributed by atoms with E-state index in [0.29, 0.717) is 0 Å². The van der Waals surface area contributed by atoms with Gasteiger partial charge in [-0.1, -0.05) is 0 Å². The Morgan fingerprint density at radius 2 is 1.70 bits per heavy atom. The fourth-order valence-corrected chi connectivity index (χ4v) is 2.23. The summed E-state index contributed by atoms with van der Waals surface area (Å²) in [6.45, 7) is 1.34. The highest BCUT2D eigenvalue weighted by Crippen LogP contribution is 2.14. The molecule has 0 saturated heterocycles. The number of hydrogen-bond acceptors (Lipinski definition) is 4. The van der Waals surface area contributed by atoms with Crippen LogP contribution in [0.4, 0.5) is 0 Å². The molecule has 0 heterocycles. The Labute approximate surface area is 117 Å². The Balaban J connectivity index is 2.92. The van der Waals surface area contributed by atoms with Crippen LogP contribution in [-0.2, 0) is 14.8 Å². The molecule has 0 fully saturated rings. The van der Waals surface area contributed by atoms with Crippen molar-refractivity contribution in [1.29, 1.82) is 0 Å². The molecule has 20 heavy (non-hydrogen) atoms. The van der Waals surface area contributed by atoms with Gasteiger partial charge in [0.05, 0.1) is 4.90 Å². The number of carbonyl (C=O) groups is 2. The number of aliphatic carboxylic acids is 1. The van der Waals surface area contributed by atoms with Crippen LogP contribution in [0.1, 0.15) is 17.3 Å². The maximum Gasteiger partial charge on any atom is 0.325 e. The number of amides is 1. The Morgan fingerprint density at radius 3 is 2.10 bits per heavy atom. The summed E-state index contributed by atoms with van der Waals surface area (Å²) in [4.78, 5) is 22.4. The van der Waals surface area contributed by atoms with Crippen molar-refractivity contribution < 1.29 is 23.1 Å². The largest absolute Gasteiger partial charge is 0.480 e. The van der Waals surface area contributed by atoms with E-state index >= 15 is 0 Å². The van der Waals surface area contributed by atoms with Crippen molar-refractivity contribution in [2.75, 3.05) is 14.1 Å². The maximum atomic E-state index is 11.8. The first kappa shape index (κ1) is 16.1. The van der Waals surface area contributed by atoms with Crippen molar-refractivity contribution in [3.8, 4) is 0 Å². The van der Waals surface area contributed by atoms with Crippen molar-refractivity contribution in [2.45, 2.75) is 17.9 Å². The number of nitrogens with zero attached hydrogens (tertiary/aromatic N) is 1. The molecule has 0 unspecified atom stereocenters. The Bertz CT molecular complexity index is 607. The van der Waals surface area contributed by atoms with Crippen LogP contribution in [0.15, 0.2) is 29.2 Å². The topological polar surface area (TPSA) is 104 Å². The third-order valence-corrected chi connectivity index (χ3v) is 4.44. The third kappa shape index (κ3) is 3.55. The van der Waals surface area contributed by atoms with Crippen LogP contribution in [0.25, 0.3) is 0 Å². The number of hydrogen-bond donors (Lipinski definition) is 2. The van der Waals surface area contributed by atoms with E-state index < -0.39 is 27.9 Å². The van der Waals surface area contributed by atoms with Crippen molar-refractivity contribution in [3.05, 3.63) is 29.8 Å². The van der Waals surface area contributed by atoms with Crippen molar-refractivity contribution in [2.24, 2.45) is 0 Å². The van der Waals surface area contributed by atoms with E-state index in [0.717, 1.165) is 4.31 Å². The Hall–Kier alpha value is -1.93. The van der Waals surface area contributed by atoms with Crippen molar-refractivity contribution >= 4 is 21.9 Å². The number of rotatable bonds is 5. The van der Waals surface area contributed by atoms with E-state index in [1.807, 2.05) is 0 Å². The zero-order valence-electron chi connectivity index (χ0n) is 11.3. The van der Waals surface area contributed by atoms with Crippen LogP contribution in [-0.4, -0.2) is 49.8 Å². The molecule has 1 amide bonds. The smallest absolute Gasteiger partial charge is 0.325 e. The summed E-state index contributed by atoms with van der Waals surface area (Å²) < 4.78 is 24.7. The van der Waals surface area contributed by atoms with E-state index in [9.17, 15) is 18.0 Å². The molecule has 1 aromatic carbocycles. The summed E-state index contributed by atoms with van der Waals surface area (Å²) in [5.41, 5.74) is 0.191. The van der Waals surface area contributed by atoms with Crippen LogP contribution in [0.2, 0.25) is 0 Å². The summed E-state index contributed by atoms with van der Waals surface area (Å²) >= 11 is 0. The monoisotopic (exact) mass is 300 g/mol. The van der Waals surface area contributed by atoms with Gasteiger partial charge < -0.3 is 10.4 Å². The lowest BCUT2D eigenvalue weighted by molar-refractivity contribution is -0.138. The fourth-order valence-electron chi connectivity index (χ4n) is 1.33. The minimum absolute atomic E-state index is 0.0605. The fraction of sp³-hybridized carbons (Fsp3) is 0.333. The summed E-state index contributed by atoms with van der Waals surface area (Å²) in [5.74, 6) is -1.72. The second-order valence-electron chi connectivity index (χ2n) is 4.35. The highest BCUT2D eigenvalue weighted by molar-refractivity contribution is 7.89. The molecule has 1 atom stereocenters. The Morgan fingerprint density at radius 1 is 1.20 bits per heavy atom. The van der Waals surface area contributed by atoms with E-state index in [4.69, 9.17) is 5.11 Å². The van der Waals surface area contributed by atoms with E-state index in [1.54, 1.807) is 0 Å². The number of sulfonamides is 1. The van der Waals surface area contributed by atoms with Crippen molar-refractivity contribution in [3.63, 3.8) is 0 Å². The standard InChI is InChI=1S/C12H16N2O5S/c1-8(12(16)17)13-11(15)9-4-6-10(7-5-9)20(18,19)14(2)3/h4-8H,1-3H3,(H,13,15)(H,16,17)/t8-/m0/s1. The van der Waals surface area contributed by atoms with Gasteiger partial charge in [0.2, 0.25) is 10.0 Å². The summed E-state index contributed by atoms with van der Waals surface area (Å²) in [5, 5.41) is 11.0. The predicted octanol–water partition coefficient (Wildman–Crippen LogP) is 0.140. The van der Waals surface area contributed by atoms with Gasteiger partial charge in [0.25, 0.3) is 5.91 Å². The average molecular weight is 300 g/mol. The number of carbonyl (C=O) groups excluding carboxylic acids is 1. The maximum absolute atomic E-state index is 11.8. The zero-order chi connectivity index (χ0) is 15.5. The van der Waals surface area contributed by atoms with Crippen LogP contribution < -0.4 is 5.32 Å². The van der Waals surface area contributed by atoms with Gasteiger partial charge in [0, 0.05) is 19.7 Å². The first-order valence-corrected chi connectivity index (χ1v) is 7.16. The first-order chi connectivity index (χ1) is 9.16. The molecule has 110 valence electrons. The van der Waals surface area contributed by atoms with Gasteiger partial charge >= 0.3 is 5.97 Å². The molecule has 1 rings (SSSR count). The quantitative estimate of drug-likeness (QED) is 0.805. The first-order valence-electron chi connectivity index (χ1n) is 5.72. The summed E-state index contributed by atoms with van der Waals surface area (Å²) in [7, 11) is -0.734. The molecule has 0 radical (unpaired) electrons. The lowest BCUT2D eigenvalue weighted by Crippen LogP contribution is -2.38. The van der Waals surface area contributed by atoms with Crippen molar-refractivity contribution in [1.82, 2.24) is 9.62 Å². The third-order valence-electron chi connectivity index (χ3n) is 2.61. The highest BCUT2D eigenvalue weighted by Gasteiger charge is 2.19. The molecule has 0 aromatic heterocycles. The normalized spacial score (nSPS) is 13.0. The van der Waals surface area contributed by atoms with E-state index in [2.05, 4.69) is 5.32 Å². The summed E-state index contributed by atoms with van der Waals surface area (Å²) in [6, 6.07) is 4.25.